The van der Waals surface area contributed by atoms with Crippen LogP contribution >= 0.6 is 0 Å². The van der Waals surface area contributed by atoms with E-state index in [2.05, 4.69) is 104 Å². The fourth-order valence-corrected chi connectivity index (χ4v) is 10.00. The number of amides is 4. The molecule has 0 saturated carbocycles. The molecular formula is C66H102N8O8. The molecule has 0 saturated heterocycles. The summed E-state index contributed by atoms with van der Waals surface area (Å²) in [5, 5.41) is 12.1. The van der Waals surface area contributed by atoms with E-state index < -0.39 is 0 Å². The van der Waals surface area contributed by atoms with Crippen LogP contribution in [-0.4, -0.2) is 178 Å². The lowest BCUT2D eigenvalue weighted by Gasteiger charge is -2.23. The Labute approximate surface area is 492 Å². The first-order chi connectivity index (χ1) is 39.3. The molecule has 0 heterocycles. The van der Waals surface area contributed by atoms with Gasteiger partial charge in [-0.15, -0.1) is 0 Å². The molecular weight excluding hydrogens is 1030 g/mol. The molecule has 16 heteroatoms. The molecule has 0 aromatic heterocycles. The van der Waals surface area contributed by atoms with Gasteiger partial charge in [-0.05, 0) is 162 Å². The van der Waals surface area contributed by atoms with E-state index in [0.29, 0.717) is 101 Å². The van der Waals surface area contributed by atoms with Gasteiger partial charge in [0.05, 0.1) is 0 Å². The van der Waals surface area contributed by atoms with E-state index in [0.717, 1.165) is 107 Å². The number of nitrogens with one attached hydrogen (secondary N) is 4. The van der Waals surface area contributed by atoms with Crippen molar-refractivity contribution < 1.29 is 38.1 Å². The van der Waals surface area contributed by atoms with Crippen LogP contribution in [0, 0.1) is 6.92 Å². The van der Waals surface area contributed by atoms with E-state index in [1.54, 1.807) is 0 Å². The third kappa shape index (κ3) is 23.9. The van der Waals surface area contributed by atoms with Crippen molar-refractivity contribution in [1.82, 2.24) is 40.9 Å². The number of hydrogen-bond acceptors (Lipinski definition) is 12. The smallest absolute Gasteiger partial charge is 0.257 e. The third-order valence-electron chi connectivity index (χ3n) is 13.9. The number of ether oxygens (including phenoxy) is 4. The highest BCUT2D eigenvalue weighted by molar-refractivity contribution is 5.79. The van der Waals surface area contributed by atoms with Crippen molar-refractivity contribution in [2.45, 2.75) is 119 Å². The SMILES string of the molecule is CCCc1cc(C)c(OCC(=O)NCCN(C)C)c(Cc2cc(CCC)cc(Cc3cc(CCC)cc(Cc4cc(CCC)cc(CC)c4OCC(=O)NCCN(C)C)c3OCC(=O)NCCN(C)C)c2OCC(=O)NCCN(C)C)c1. The number of nitrogens with zero attached hydrogens (tertiary/aromatic N) is 4. The Kier molecular flexibility index (Phi) is 30.3. The predicted octanol–water partition coefficient (Wildman–Crippen LogP) is 7.37. The second-order valence-corrected chi connectivity index (χ2v) is 22.8. The van der Waals surface area contributed by atoms with Crippen molar-refractivity contribution in [3.05, 3.63) is 115 Å². The second-order valence-electron chi connectivity index (χ2n) is 22.8. The van der Waals surface area contributed by atoms with E-state index >= 15 is 0 Å². The van der Waals surface area contributed by atoms with Gasteiger partial charge in [-0.3, -0.25) is 19.2 Å². The predicted molar refractivity (Wildman–Crippen MR) is 333 cm³/mol. The summed E-state index contributed by atoms with van der Waals surface area (Å²) in [5.41, 5.74) is 11.9. The maximum absolute atomic E-state index is 13.7. The summed E-state index contributed by atoms with van der Waals surface area (Å²) in [6.07, 6.45) is 8.88. The van der Waals surface area contributed by atoms with Gasteiger partial charge in [0.1, 0.15) is 23.0 Å². The molecule has 82 heavy (non-hydrogen) atoms. The van der Waals surface area contributed by atoms with Crippen LogP contribution in [-0.2, 0) is 70.5 Å². The van der Waals surface area contributed by atoms with E-state index in [1.165, 1.54) is 11.1 Å². The van der Waals surface area contributed by atoms with Crippen LogP contribution in [0.4, 0.5) is 0 Å². The highest BCUT2D eigenvalue weighted by atomic mass is 16.5. The summed E-state index contributed by atoms with van der Waals surface area (Å²) in [4.78, 5) is 62.0. The number of rotatable bonds is 39. The van der Waals surface area contributed by atoms with Crippen LogP contribution in [0.2, 0.25) is 0 Å². The molecule has 4 amide bonds. The molecule has 454 valence electrons. The molecule has 4 N–H and O–H groups in total. The highest BCUT2D eigenvalue weighted by Gasteiger charge is 2.24. The van der Waals surface area contributed by atoms with Gasteiger partial charge in [0, 0.05) is 71.6 Å². The Morgan fingerprint density at radius 2 is 0.585 bits per heavy atom. The van der Waals surface area contributed by atoms with Crippen LogP contribution in [0.3, 0.4) is 0 Å². The van der Waals surface area contributed by atoms with Crippen molar-refractivity contribution in [1.29, 1.82) is 0 Å². The summed E-state index contributed by atoms with van der Waals surface area (Å²) in [7, 11) is 15.8. The van der Waals surface area contributed by atoms with E-state index in [9.17, 15) is 19.2 Å². The number of hydrogen-bond donors (Lipinski definition) is 4. The molecule has 0 aliphatic carbocycles. The Morgan fingerprint density at radius 3 is 0.841 bits per heavy atom. The van der Waals surface area contributed by atoms with Gasteiger partial charge >= 0.3 is 0 Å². The first-order valence-electron chi connectivity index (χ1n) is 30.0. The Balaban J connectivity index is 2.01. The maximum Gasteiger partial charge on any atom is 0.257 e. The van der Waals surface area contributed by atoms with Crippen LogP contribution in [0.1, 0.15) is 127 Å². The third-order valence-corrected chi connectivity index (χ3v) is 13.9. The Bertz CT molecular complexity index is 2650. The molecule has 0 aliphatic heterocycles. The molecule has 4 rings (SSSR count). The van der Waals surface area contributed by atoms with Crippen molar-refractivity contribution in [2.75, 3.05) is 135 Å². The van der Waals surface area contributed by atoms with Gasteiger partial charge in [-0.1, -0.05) is 109 Å². The van der Waals surface area contributed by atoms with Crippen LogP contribution in [0.25, 0.3) is 0 Å². The minimum atomic E-state index is -0.237. The fourth-order valence-electron chi connectivity index (χ4n) is 10.00. The molecule has 0 radical (unpaired) electrons. The lowest BCUT2D eigenvalue weighted by atomic mass is 9.89. The average molecular weight is 1140 g/mol. The summed E-state index contributed by atoms with van der Waals surface area (Å²) in [5.74, 6) is 1.65. The van der Waals surface area contributed by atoms with Crippen LogP contribution < -0.4 is 40.2 Å². The van der Waals surface area contributed by atoms with E-state index in [1.807, 2.05) is 82.9 Å². The summed E-state index contributed by atoms with van der Waals surface area (Å²) in [6.45, 7) is 16.8. The van der Waals surface area contributed by atoms with E-state index in [-0.39, 0.29) is 50.1 Å². The van der Waals surface area contributed by atoms with Crippen LogP contribution in [0.5, 0.6) is 23.0 Å². The zero-order chi connectivity index (χ0) is 60.1. The minimum Gasteiger partial charge on any atom is -0.483 e. The molecule has 0 fully saturated rings. The van der Waals surface area contributed by atoms with Crippen molar-refractivity contribution in [3.8, 4) is 23.0 Å². The lowest BCUT2D eigenvalue weighted by molar-refractivity contribution is -0.123. The van der Waals surface area contributed by atoms with E-state index in [4.69, 9.17) is 18.9 Å². The second kappa shape index (κ2) is 36.4. The number of carbonyl (C=O) groups is 4. The molecule has 0 bridgehead atoms. The monoisotopic (exact) mass is 1130 g/mol. The van der Waals surface area contributed by atoms with Gasteiger partial charge in [0.25, 0.3) is 23.6 Å². The molecule has 4 aromatic rings. The molecule has 0 spiro atoms. The summed E-state index contributed by atoms with van der Waals surface area (Å²) < 4.78 is 26.7. The van der Waals surface area contributed by atoms with Gasteiger partial charge < -0.3 is 59.8 Å². The van der Waals surface area contributed by atoms with Crippen molar-refractivity contribution >= 4 is 23.6 Å². The molecule has 0 unspecified atom stereocenters. The molecule has 16 nitrogen and oxygen atoms in total. The standard InChI is InChI=1S/C66H102N8O8/c1-15-20-48-32-47(6)63(79-43-59(75)67-24-28-71(7)8)53(34-48)40-55-36-50(22-17-3)38-57(65(55)81-45-61(77)69-26-30-73(11)12)42-58-39-51(23-18-4)37-56(66(58)82-46-62(78)70-27-31-74(13)14)41-54-35-49(21-16-2)33-52(19-5)64(54)80-44-60(76)68-25-29-72(9)10/h32-39H,15-31,40-46H2,1-14H3,(H,67,75)(H,68,76)(H,69,77)(H,70,78). The lowest BCUT2D eigenvalue weighted by Crippen LogP contribution is -2.34. The first kappa shape index (κ1) is 68.3. The minimum absolute atomic E-state index is 0.131. The van der Waals surface area contributed by atoms with Gasteiger partial charge in [-0.25, -0.2) is 0 Å². The quantitative estimate of drug-likeness (QED) is 0.0351. The Hall–Kier alpha value is -6.20. The number of carbonyl (C=O) groups excluding carboxylic acids is 4. The summed E-state index contributed by atoms with van der Waals surface area (Å²) >= 11 is 0. The van der Waals surface area contributed by atoms with Gasteiger partial charge in [-0.2, -0.15) is 0 Å². The van der Waals surface area contributed by atoms with Crippen molar-refractivity contribution in [2.24, 2.45) is 0 Å². The first-order valence-corrected chi connectivity index (χ1v) is 30.0. The Morgan fingerprint density at radius 1 is 0.354 bits per heavy atom. The molecule has 4 aromatic carbocycles. The number of aryl methyl sites for hydroxylation is 6. The number of benzene rings is 4. The fraction of sp³-hybridized carbons (Fsp3) is 0.576. The zero-order valence-electron chi connectivity index (χ0n) is 52.6. The maximum atomic E-state index is 13.7. The molecule has 0 atom stereocenters. The largest absolute Gasteiger partial charge is 0.483 e. The number of likely N-dealkylation sites (N-methyl/N-ethyl adjacent to an activating group) is 4. The molecule has 0 aliphatic rings. The zero-order valence-corrected chi connectivity index (χ0v) is 52.6. The van der Waals surface area contributed by atoms with Crippen molar-refractivity contribution in [3.63, 3.8) is 0 Å². The average Bonchev–Trinajstić information content (AvgIpc) is 2.94. The normalized spacial score (nSPS) is 11.4. The highest BCUT2D eigenvalue weighted by Crippen LogP contribution is 2.39. The van der Waals surface area contributed by atoms with Crippen LogP contribution in [0.15, 0.2) is 48.5 Å². The van der Waals surface area contributed by atoms with Gasteiger partial charge in [0.2, 0.25) is 0 Å². The topological polar surface area (TPSA) is 166 Å². The van der Waals surface area contributed by atoms with Gasteiger partial charge in [0.15, 0.2) is 26.4 Å². The summed E-state index contributed by atoms with van der Waals surface area (Å²) in [6, 6.07) is 17.5.